The second-order valence-corrected chi connectivity index (χ2v) is 3.33. The second-order valence-electron chi connectivity index (χ2n) is 2.92. The average molecular weight is 221 g/mol. The first-order valence-electron chi connectivity index (χ1n) is 4.42. The third kappa shape index (κ3) is 2.07. The molecule has 4 heteroatoms. The first kappa shape index (κ1) is 9.93. The fourth-order valence-corrected chi connectivity index (χ4v) is 1.51. The van der Waals surface area contributed by atoms with Gasteiger partial charge in [0, 0.05) is 18.0 Å². The molecule has 0 amide bonds. The van der Waals surface area contributed by atoms with Crippen molar-refractivity contribution in [3.8, 4) is 17.1 Å². The van der Waals surface area contributed by atoms with Gasteiger partial charge in [-0.15, -0.1) is 0 Å². The molecule has 3 nitrogen and oxygen atoms in total. The molecule has 0 aliphatic heterocycles. The Morgan fingerprint density at radius 3 is 2.53 bits per heavy atom. The number of hydrogen-bond donors (Lipinski definition) is 0. The van der Waals surface area contributed by atoms with Crippen LogP contribution in [0.15, 0.2) is 36.7 Å². The molecule has 2 aromatic rings. The Bertz CT molecular complexity index is 459. The van der Waals surface area contributed by atoms with Gasteiger partial charge in [0.05, 0.1) is 12.1 Å². The van der Waals surface area contributed by atoms with Gasteiger partial charge in [-0.25, -0.2) is 9.97 Å². The van der Waals surface area contributed by atoms with Crippen molar-refractivity contribution in [2.75, 3.05) is 7.11 Å². The number of benzene rings is 1. The Balaban J connectivity index is 2.43. The second kappa shape index (κ2) is 4.28. The van der Waals surface area contributed by atoms with Crippen LogP contribution in [0.1, 0.15) is 0 Å². The predicted molar refractivity (Wildman–Crippen MR) is 59.0 cm³/mol. The highest BCUT2D eigenvalue weighted by Crippen LogP contribution is 2.28. The molecule has 0 spiro atoms. The number of aromatic nitrogens is 2. The molecule has 15 heavy (non-hydrogen) atoms. The third-order valence-corrected chi connectivity index (χ3v) is 2.27. The zero-order valence-electron chi connectivity index (χ0n) is 8.14. The van der Waals surface area contributed by atoms with Gasteiger partial charge in [0.25, 0.3) is 0 Å². The van der Waals surface area contributed by atoms with Crippen molar-refractivity contribution >= 4 is 11.6 Å². The predicted octanol–water partition coefficient (Wildman–Crippen LogP) is 2.81. The van der Waals surface area contributed by atoms with E-state index in [1.807, 2.05) is 6.07 Å². The van der Waals surface area contributed by atoms with Crippen LogP contribution in [0.25, 0.3) is 11.4 Å². The van der Waals surface area contributed by atoms with Gasteiger partial charge >= 0.3 is 0 Å². The lowest BCUT2D eigenvalue weighted by molar-refractivity contribution is 0.415. The monoisotopic (exact) mass is 220 g/mol. The van der Waals surface area contributed by atoms with Crippen LogP contribution in [0.3, 0.4) is 0 Å². The molecule has 0 atom stereocenters. The van der Waals surface area contributed by atoms with Gasteiger partial charge < -0.3 is 4.74 Å². The summed E-state index contributed by atoms with van der Waals surface area (Å²) >= 11 is 6.00. The van der Waals surface area contributed by atoms with Crippen LogP contribution in [0.4, 0.5) is 0 Å². The first-order valence-corrected chi connectivity index (χ1v) is 4.80. The van der Waals surface area contributed by atoms with E-state index in [9.17, 15) is 0 Å². The average Bonchev–Trinajstić information content (AvgIpc) is 2.30. The normalized spacial score (nSPS) is 10.0. The first-order chi connectivity index (χ1) is 7.31. The zero-order valence-corrected chi connectivity index (χ0v) is 8.90. The number of rotatable bonds is 2. The lowest BCUT2D eigenvalue weighted by Crippen LogP contribution is -1.88. The van der Waals surface area contributed by atoms with Crippen LogP contribution in [-0.2, 0) is 0 Å². The zero-order chi connectivity index (χ0) is 10.7. The molecule has 2 rings (SSSR count). The SMILES string of the molecule is COc1ccc(-c2ncccn2)cc1Cl. The van der Waals surface area contributed by atoms with Crippen molar-refractivity contribution in [1.29, 1.82) is 0 Å². The van der Waals surface area contributed by atoms with Gasteiger partial charge in [-0.3, -0.25) is 0 Å². The summed E-state index contributed by atoms with van der Waals surface area (Å²) in [5.41, 5.74) is 0.876. The molecule has 76 valence electrons. The van der Waals surface area contributed by atoms with Gasteiger partial charge in [-0.2, -0.15) is 0 Å². The summed E-state index contributed by atoms with van der Waals surface area (Å²) < 4.78 is 5.06. The minimum atomic E-state index is 0.558. The summed E-state index contributed by atoms with van der Waals surface area (Å²) in [4.78, 5) is 8.27. The summed E-state index contributed by atoms with van der Waals surface area (Å²) in [5, 5.41) is 0.558. The fraction of sp³-hybridized carbons (Fsp3) is 0.0909. The quantitative estimate of drug-likeness (QED) is 0.781. The van der Waals surface area contributed by atoms with Gasteiger partial charge in [0.2, 0.25) is 0 Å². The van der Waals surface area contributed by atoms with Crippen molar-refractivity contribution in [2.24, 2.45) is 0 Å². The van der Waals surface area contributed by atoms with Crippen molar-refractivity contribution in [1.82, 2.24) is 9.97 Å². The minimum Gasteiger partial charge on any atom is -0.495 e. The molecule has 0 saturated carbocycles. The summed E-state index contributed by atoms with van der Waals surface area (Å²) in [5.74, 6) is 1.30. The molecule has 1 aromatic carbocycles. The Kier molecular flexibility index (Phi) is 2.83. The van der Waals surface area contributed by atoms with Gasteiger partial charge in [-0.1, -0.05) is 11.6 Å². The van der Waals surface area contributed by atoms with Gasteiger partial charge in [-0.05, 0) is 24.3 Å². The Hall–Kier alpha value is -1.61. The lowest BCUT2D eigenvalue weighted by Gasteiger charge is -2.04. The number of halogens is 1. The molecule has 1 aromatic heterocycles. The number of ether oxygens (including phenoxy) is 1. The largest absolute Gasteiger partial charge is 0.495 e. The lowest BCUT2D eigenvalue weighted by atomic mass is 10.2. The molecule has 0 aliphatic carbocycles. The molecule has 0 saturated heterocycles. The van der Waals surface area contributed by atoms with E-state index in [2.05, 4.69) is 9.97 Å². The molecule has 0 fully saturated rings. The maximum atomic E-state index is 6.00. The van der Waals surface area contributed by atoms with Crippen molar-refractivity contribution in [3.05, 3.63) is 41.7 Å². The molecular formula is C11H9ClN2O. The van der Waals surface area contributed by atoms with Crippen LogP contribution in [-0.4, -0.2) is 17.1 Å². The molecule has 0 unspecified atom stereocenters. The fourth-order valence-electron chi connectivity index (χ4n) is 1.25. The van der Waals surface area contributed by atoms with Gasteiger partial charge in [0.1, 0.15) is 5.75 Å². The number of nitrogens with zero attached hydrogens (tertiary/aromatic N) is 2. The summed E-state index contributed by atoms with van der Waals surface area (Å²) in [6.45, 7) is 0. The van der Waals surface area contributed by atoms with Crippen molar-refractivity contribution in [3.63, 3.8) is 0 Å². The minimum absolute atomic E-state index is 0.558. The number of methoxy groups -OCH3 is 1. The standard InChI is InChI=1S/C11H9ClN2O/c1-15-10-4-3-8(7-9(10)12)11-13-5-2-6-14-11/h2-7H,1H3. The Morgan fingerprint density at radius 2 is 1.93 bits per heavy atom. The summed E-state index contributed by atoms with van der Waals surface area (Å²) in [6, 6.07) is 7.23. The van der Waals surface area contributed by atoms with Crippen molar-refractivity contribution in [2.45, 2.75) is 0 Å². The molecule has 0 aliphatic rings. The molecule has 0 bridgehead atoms. The van der Waals surface area contributed by atoms with E-state index < -0.39 is 0 Å². The number of hydrogen-bond acceptors (Lipinski definition) is 3. The maximum absolute atomic E-state index is 6.00. The smallest absolute Gasteiger partial charge is 0.159 e. The Morgan fingerprint density at radius 1 is 1.20 bits per heavy atom. The van der Waals surface area contributed by atoms with Gasteiger partial charge in [0.15, 0.2) is 5.82 Å². The van der Waals surface area contributed by atoms with E-state index in [1.165, 1.54) is 0 Å². The van der Waals surface area contributed by atoms with E-state index in [1.54, 1.807) is 37.7 Å². The topological polar surface area (TPSA) is 35.0 Å². The highest BCUT2D eigenvalue weighted by Gasteiger charge is 2.04. The van der Waals surface area contributed by atoms with Crippen LogP contribution in [0.2, 0.25) is 5.02 Å². The molecule has 0 N–H and O–H groups in total. The molecule has 1 heterocycles. The summed E-state index contributed by atoms with van der Waals surface area (Å²) in [6.07, 6.45) is 3.39. The van der Waals surface area contributed by atoms with E-state index in [-0.39, 0.29) is 0 Å². The highest BCUT2D eigenvalue weighted by atomic mass is 35.5. The third-order valence-electron chi connectivity index (χ3n) is 1.98. The van der Waals surface area contributed by atoms with Crippen LogP contribution in [0.5, 0.6) is 5.75 Å². The van der Waals surface area contributed by atoms with Crippen LogP contribution < -0.4 is 4.74 Å². The van der Waals surface area contributed by atoms with Crippen molar-refractivity contribution < 1.29 is 4.74 Å². The van der Waals surface area contributed by atoms with E-state index in [0.717, 1.165) is 5.56 Å². The molecule has 0 radical (unpaired) electrons. The molecular weight excluding hydrogens is 212 g/mol. The summed E-state index contributed by atoms with van der Waals surface area (Å²) in [7, 11) is 1.58. The maximum Gasteiger partial charge on any atom is 0.159 e. The highest BCUT2D eigenvalue weighted by molar-refractivity contribution is 6.32. The van der Waals surface area contributed by atoms with Crippen LogP contribution >= 0.6 is 11.6 Å². The van der Waals surface area contributed by atoms with E-state index >= 15 is 0 Å². The van der Waals surface area contributed by atoms with Crippen LogP contribution in [0, 0.1) is 0 Å². The Labute approximate surface area is 92.7 Å². The van der Waals surface area contributed by atoms with E-state index in [0.29, 0.717) is 16.6 Å². The van der Waals surface area contributed by atoms with E-state index in [4.69, 9.17) is 16.3 Å².